The van der Waals surface area contributed by atoms with Crippen molar-refractivity contribution in [2.45, 2.75) is 26.4 Å². The first-order valence-electron chi connectivity index (χ1n) is 6.22. The van der Waals surface area contributed by atoms with E-state index < -0.39 is 28.1 Å². The summed E-state index contributed by atoms with van der Waals surface area (Å²) in [6, 6.07) is 3.00. The van der Waals surface area contributed by atoms with Crippen molar-refractivity contribution in [2.24, 2.45) is 0 Å². The minimum atomic E-state index is -0.736. The first kappa shape index (κ1) is 16.7. The molecule has 116 valence electrons. The van der Waals surface area contributed by atoms with Gasteiger partial charge in [-0.05, 0) is 32.9 Å². The minimum Gasteiger partial charge on any atom is -0.485 e. The summed E-state index contributed by atoms with van der Waals surface area (Å²) in [7, 11) is 0. The number of nitro benzene ring substituents is 1. The summed E-state index contributed by atoms with van der Waals surface area (Å²) in [5, 5.41) is 13.2. The lowest BCUT2D eigenvalue weighted by atomic mass is 10.2. The quantitative estimate of drug-likeness (QED) is 0.513. The molecule has 0 aliphatic heterocycles. The zero-order chi connectivity index (χ0) is 16.0. The van der Waals surface area contributed by atoms with Crippen molar-refractivity contribution in [3.8, 4) is 5.75 Å². The third-order valence-corrected chi connectivity index (χ3v) is 2.15. The molecule has 21 heavy (non-hydrogen) atoms. The number of hydrogen-bond acceptors (Lipinski definition) is 5. The van der Waals surface area contributed by atoms with Gasteiger partial charge in [-0.1, -0.05) is 0 Å². The fraction of sp³-hybridized carbons (Fsp3) is 0.462. The van der Waals surface area contributed by atoms with Gasteiger partial charge >= 0.3 is 11.8 Å². The van der Waals surface area contributed by atoms with Gasteiger partial charge in [0.2, 0.25) is 0 Å². The summed E-state index contributed by atoms with van der Waals surface area (Å²) in [5.74, 6) is -0.784. The largest absolute Gasteiger partial charge is 0.485 e. The normalized spacial score (nSPS) is 10.9. The van der Waals surface area contributed by atoms with Gasteiger partial charge in [0.25, 0.3) is 0 Å². The number of ether oxygens (including phenoxy) is 2. The summed E-state index contributed by atoms with van der Waals surface area (Å²) in [5.41, 5.74) is -1.08. The fourth-order valence-corrected chi connectivity index (χ4v) is 1.38. The smallest absolute Gasteiger partial charge is 0.407 e. The zero-order valence-electron chi connectivity index (χ0n) is 12.0. The SMILES string of the molecule is CC(C)(C)OC(=O)NCCOc1ccc(F)cc1[N+](=O)[O-]. The van der Waals surface area contributed by atoms with E-state index in [-0.39, 0.29) is 18.9 Å². The Labute approximate surface area is 121 Å². The van der Waals surface area contributed by atoms with Crippen molar-refractivity contribution in [3.63, 3.8) is 0 Å². The number of nitro groups is 1. The zero-order valence-corrected chi connectivity index (χ0v) is 12.0. The van der Waals surface area contributed by atoms with Gasteiger partial charge in [0.1, 0.15) is 18.0 Å². The van der Waals surface area contributed by atoms with Crippen LogP contribution in [0.25, 0.3) is 0 Å². The lowest BCUT2D eigenvalue weighted by Gasteiger charge is -2.19. The highest BCUT2D eigenvalue weighted by Crippen LogP contribution is 2.27. The molecular weight excluding hydrogens is 283 g/mol. The summed E-state index contributed by atoms with van der Waals surface area (Å²) < 4.78 is 23.1. The Morgan fingerprint density at radius 3 is 2.67 bits per heavy atom. The molecule has 1 aromatic carbocycles. The van der Waals surface area contributed by atoms with Crippen LogP contribution in [0.3, 0.4) is 0 Å². The molecule has 0 fully saturated rings. The van der Waals surface area contributed by atoms with E-state index >= 15 is 0 Å². The van der Waals surface area contributed by atoms with E-state index in [0.29, 0.717) is 0 Å². The van der Waals surface area contributed by atoms with E-state index in [9.17, 15) is 19.3 Å². The average molecular weight is 300 g/mol. The second kappa shape index (κ2) is 6.87. The molecule has 0 bridgehead atoms. The number of amides is 1. The van der Waals surface area contributed by atoms with Gasteiger partial charge in [-0.15, -0.1) is 0 Å². The van der Waals surface area contributed by atoms with Gasteiger partial charge in [-0.3, -0.25) is 10.1 Å². The van der Waals surface area contributed by atoms with Crippen LogP contribution in [-0.2, 0) is 4.74 Å². The van der Waals surface area contributed by atoms with Crippen LogP contribution in [0.2, 0.25) is 0 Å². The van der Waals surface area contributed by atoms with E-state index in [1.807, 2.05) is 0 Å². The third kappa shape index (κ3) is 6.07. The molecule has 1 amide bonds. The van der Waals surface area contributed by atoms with Crippen LogP contribution < -0.4 is 10.1 Å². The van der Waals surface area contributed by atoms with E-state index in [4.69, 9.17) is 9.47 Å². The molecule has 8 heteroatoms. The maximum atomic E-state index is 12.9. The van der Waals surface area contributed by atoms with Gasteiger partial charge in [0, 0.05) is 0 Å². The maximum Gasteiger partial charge on any atom is 0.407 e. The summed E-state index contributed by atoms with van der Waals surface area (Å²) >= 11 is 0. The Kier molecular flexibility index (Phi) is 5.45. The van der Waals surface area contributed by atoms with Gasteiger partial charge < -0.3 is 14.8 Å². The third-order valence-electron chi connectivity index (χ3n) is 2.15. The molecule has 1 aromatic rings. The standard InChI is InChI=1S/C13H17FN2O5/c1-13(2,3)21-12(17)15-6-7-20-11-5-4-9(14)8-10(11)16(18)19/h4-5,8H,6-7H2,1-3H3,(H,15,17). The van der Waals surface area contributed by atoms with Gasteiger partial charge in [0.15, 0.2) is 5.75 Å². The molecule has 0 radical (unpaired) electrons. The molecular formula is C13H17FN2O5. The highest BCUT2D eigenvalue weighted by Gasteiger charge is 2.17. The van der Waals surface area contributed by atoms with Crippen LogP contribution in [0.15, 0.2) is 18.2 Å². The van der Waals surface area contributed by atoms with Gasteiger partial charge in [0.05, 0.1) is 17.5 Å². The van der Waals surface area contributed by atoms with Crippen molar-refractivity contribution in [1.29, 1.82) is 0 Å². The van der Waals surface area contributed by atoms with Crippen molar-refractivity contribution < 1.29 is 23.6 Å². The van der Waals surface area contributed by atoms with Crippen LogP contribution >= 0.6 is 0 Å². The molecule has 0 spiro atoms. The number of hydrogen-bond donors (Lipinski definition) is 1. The Hall–Kier alpha value is -2.38. The van der Waals surface area contributed by atoms with Crippen molar-refractivity contribution in [3.05, 3.63) is 34.1 Å². The number of alkyl carbamates (subject to hydrolysis) is 1. The minimum absolute atomic E-state index is 0.00822. The van der Waals surface area contributed by atoms with Crippen LogP contribution in [0.1, 0.15) is 20.8 Å². The number of carbonyl (C=O) groups is 1. The molecule has 1 N–H and O–H groups in total. The Morgan fingerprint density at radius 2 is 2.10 bits per heavy atom. The number of nitrogens with zero attached hydrogens (tertiary/aromatic N) is 1. The number of nitrogens with one attached hydrogen (secondary N) is 1. The van der Waals surface area contributed by atoms with E-state index in [1.54, 1.807) is 20.8 Å². The summed E-state index contributed by atoms with van der Waals surface area (Å²) in [4.78, 5) is 21.3. The lowest BCUT2D eigenvalue weighted by Crippen LogP contribution is -2.34. The molecule has 1 rings (SSSR count). The molecule has 0 unspecified atom stereocenters. The second-order valence-electron chi connectivity index (χ2n) is 5.15. The second-order valence-corrected chi connectivity index (χ2v) is 5.15. The van der Waals surface area contributed by atoms with Crippen molar-refractivity contribution >= 4 is 11.8 Å². The Bertz CT molecular complexity index is 528. The first-order chi connectivity index (χ1) is 9.69. The Morgan fingerprint density at radius 1 is 1.43 bits per heavy atom. The topological polar surface area (TPSA) is 90.7 Å². The van der Waals surface area contributed by atoms with Crippen LogP contribution in [0, 0.1) is 15.9 Å². The predicted octanol–water partition coefficient (Wildman–Crippen LogP) is 2.64. The summed E-state index contributed by atoms with van der Waals surface area (Å²) in [6.45, 7) is 5.27. The first-order valence-corrected chi connectivity index (χ1v) is 6.22. The van der Waals surface area contributed by atoms with Crippen molar-refractivity contribution in [2.75, 3.05) is 13.2 Å². The molecule has 7 nitrogen and oxygen atoms in total. The molecule has 0 saturated carbocycles. The van der Waals surface area contributed by atoms with E-state index in [0.717, 1.165) is 12.1 Å². The van der Waals surface area contributed by atoms with E-state index in [1.165, 1.54) is 6.07 Å². The Balaban J connectivity index is 2.47. The fourth-order valence-electron chi connectivity index (χ4n) is 1.38. The number of rotatable bonds is 5. The van der Waals surface area contributed by atoms with Crippen LogP contribution in [0.4, 0.5) is 14.9 Å². The van der Waals surface area contributed by atoms with Gasteiger partial charge in [-0.25, -0.2) is 9.18 Å². The molecule has 0 aliphatic rings. The molecule has 0 heterocycles. The van der Waals surface area contributed by atoms with Gasteiger partial charge in [-0.2, -0.15) is 0 Å². The van der Waals surface area contributed by atoms with E-state index in [2.05, 4.69) is 5.32 Å². The summed E-state index contributed by atoms with van der Waals surface area (Å²) in [6.07, 6.45) is -0.611. The highest BCUT2D eigenvalue weighted by molar-refractivity contribution is 5.67. The highest BCUT2D eigenvalue weighted by atomic mass is 19.1. The average Bonchev–Trinajstić information content (AvgIpc) is 2.33. The number of benzene rings is 1. The van der Waals surface area contributed by atoms with Crippen LogP contribution in [0.5, 0.6) is 5.75 Å². The predicted molar refractivity (Wildman–Crippen MR) is 72.8 cm³/mol. The molecule has 0 aliphatic carbocycles. The molecule has 0 saturated heterocycles. The lowest BCUT2D eigenvalue weighted by molar-refractivity contribution is -0.386. The maximum absolute atomic E-state index is 12.9. The number of carbonyl (C=O) groups excluding carboxylic acids is 1. The van der Waals surface area contributed by atoms with Crippen LogP contribution in [-0.4, -0.2) is 29.8 Å². The number of halogens is 1. The van der Waals surface area contributed by atoms with Crippen molar-refractivity contribution in [1.82, 2.24) is 5.32 Å². The molecule has 0 atom stereocenters. The monoisotopic (exact) mass is 300 g/mol. The molecule has 0 aromatic heterocycles.